The first-order valence-corrected chi connectivity index (χ1v) is 7.74. The molecule has 0 aromatic carbocycles. The lowest BCUT2D eigenvalue weighted by Gasteiger charge is -2.34. The van der Waals surface area contributed by atoms with Gasteiger partial charge in [-0.2, -0.15) is 0 Å². The van der Waals surface area contributed by atoms with Crippen molar-refractivity contribution >= 4 is 0 Å². The summed E-state index contributed by atoms with van der Waals surface area (Å²) in [5, 5.41) is 0. The van der Waals surface area contributed by atoms with Crippen molar-refractivity contribution in [2.24, 2.45) is 5.41 Å². The minimum Gasteiger partial charge on any atom is -0.0654 e. The van der Waals surface area contributed by atoms with Gasteiger partial charge >= 0.3 is 0 Å². The monoisotopic (exact) mass is 226 g/mol. The molecule has 0 aromatic heterocycles. The third kappa shape index (κ3) is 6.55. The molecule has 0 heteroatoms. The fourth-order valence-electron chi connectivity index (χ4n) is 2.94. The van der Waals surface area contributed by atoms with Crippen molar-refractivity contribution in [1.29, 1.82) is 0 Å². The van der Waals surface area contributed by atoms with Crippen molar-refractivity contribution in [3.8, 4) is 0 Å². The standard InChI is InChI=1S/C16H34/c1-5-9-13-16(12-8-4,14-10-6-2)15-11-7-3/h5-15H2,1-4H3. The molecular formula is C16H34. The smallest absolute Gasteiger partial charge is 0.0298 e. The Morgan fingerprint density at radius 3 is 1.12 bits per heavy atom. The van der Waals surface area contributed by atoms with Crippen LogP contribution in [-0.2, 0) is 0 Å². The second-order valence-electron chi connectivity index (χ2n) is 5.56. The number of hydrogen-bond donors (Lipinski definition) is 0. The highest BCUT2D eigenvalue weighted by Gasteiger charge is 2.26. The average molecular weight is 226 g/mol. The molecule has 0 amide bonds. The molecule has 0 N–H and O–H groups in total. The summed E-state index contributed by atoms with van der Waals surface area (Å²) in [5.41, 5.74) is 0.705. The molecule has 0 radical (unpaired) electrons. The van der Waals surface area contributed by atoms with E-state index in [0.717, 1.165) is 0 Å². The molecule has 0 nitrogen and oxygen atoms in total. The van der Waals surface area contributed by atoms with E-state index in [-0.39, 0.29) is 0 Å². The molecule has 0 heterocycles. The molecule has 0 saturated carbocycles. The molecule has 0 bridgehead atoms. The highest BCUT2D eigenvalue weighted by molar-refractivity contribution is 4.79. The quantitative estimate of drug-likeness (QED) is 0.385. The third-order valence-corrected chi connectivity index (χ3v) is 3.96. The largest absolute Gasteiger partial charge is 0.0654 e. The highest BCUT2D eigenvalue weighted by atomic mass is 14.3. The molecule has 0 unspecified atom stereocenters. The van der Waals surface area contributed by atoms with Crippen LogP contribution in [0.15, 0.2) is 0 Å². The summed E-state index contributed by atoms with van der Waals surface area (Å²) < 4.78 is 0. The van der Waals surface area contributed by atoms with E-state index < -0.39 is 0 Å². The van der Waals surface area contributed by atoms with E-state index in [1.165, 1.54) is 70.6 Å². The maximum Gasteiger partial charge on any atom is -0.0298 e. The van der Waals surface area contributed by atoms with Crippen LogP contribution in [0.1, 0.15) is 98.3 Å². The molecule has 0 fully saturated rings. The minimum absolute atomic E-state index is 0.705. The average Bonchev–Trinajstić information content (AvgIpc) is 2.31. The van der Waals surface area contributed by atoms with Crippen molar-refractivity contribution in [2.75, 3.05) is 0 Å². The highest BCUT2D eigenvalue weighted by Crippen LogP contribution is 2.40. The third-order valence-electron chi connectivity index (χ3n) is 3.96. The zero-order valence-corrected chi connectivity index (χ0v) is 12.3. The zero-order valence-electron chi connectivity index (χ0n) is 12.3. The van der Waals surface area contributed by atoms with Crippen LogP contribution in [-0.4, -0.2) is 0 Å². The van der Waals surface area contributed by atoms with Gasteiger partial charge in [-0.15, -0.1) is 0 Å². The minimum atomic E-state index is 0.705. The maximum absolute atomic E-state index is 2.36. The lowest BCUT2D eigenvalue weighted by Crippen LogP contribution is -2.21. The Morgan fingerprint density at radius 1 is 0.500 bits per heavy atom. The van der Waals surface area contributed by atoms with Gasteiger partial charge in [0.2, 0.25) is 0 Å². The number of rotatable bonds is 11. The van der Waals surface area contributed by atoms with Gasteiger partial charge in [-0.3, -0.25) is 0 Å². The molecule has 0 rings (SSSR count). The Kier molecular flexibility index (Phi) is 10.2. The molecule has 98 valence electrons. The summed E-state index contributed by atoms with van der Waals surface area (Å²) in [5.74, 6) is 0. The topological polar surface area (TPSA) is 0 Å². The fraction of sp³-hybridized carbons (Fsp3) is 1.00. The van der Waals surface area contributed by atoms with Crippen LogP contribution in [0.4, 0.5) is 0 Å². The van der Waals surface area contributed by atoms with Crippen LogP contribution in [0.2, 0.25) is 0 Å². The lowest BCUT2D eigenvalue weighted by atomic mass is 9.71. The van der Waals surface area contributed by atoms with Crippen molar-refractivity contribution in [1.82, 2.24) is 0 Å². The summed E-state index contributed by atoms with van der Waals surface area (Å²) >= 11 is 0. The second kappa shape index (κ2) is 10.2. The molecule has 0 aliphatic carbocycles. The summed E-state index contributed by atoms with van der Waals surface area (Å²) in [6, 6.07) is 0. The molecule has 0 spiro atoms. The van der Waals surface area contributed by atoms with Gasteiger partial charge in [-0.1, -0.05) is 72.6 Å². The van der Waals surface area contributed by atoms with Gasteiger partial charge in [-0.25, -0.2) is 0 Å². The molecule has 16 heavy (non-hydrogen) atoms. The maximum atomic E-state index is 2.36. The van der Waals surface area contributed by atoms with E-state index in [0.29, 0.717) is 5.41 Å². The van der Waals surface area contributed by atoms with E-state index in [1.54, 1.807) is 0 Å². The molecule has 0 saturated heterocycles. The molecule has 0 aliphatic rings. The van der Waals surface area contributed by atoms with Gasteiger partial charge in [0.05, 0.1) is 0 Å². The SMILES string of the molecule is CCCCC(CCC)(CCCC)CCCC. The van der Waals surface area contributed by atoms with Crippen LogP contribution in [0.3, 0.4) is 0 Å². The zero-order chi connectivity index (χ0) is 12.3. The number of hydrogen-bond acceptors (Lipinski definition) is 0. The van der Waals surface area contributed by atoms with Crippen molar-refractivity contribution in [2.45, 2.75) is 98.3 Å². The van der Waals surface area contributed by atoms with Crippen LogP contribution in [0.5, 0.6) is 0 Å². The van der Waals surface area contributed by atoms with Crippen LogP contribution >= 0.6 is 0 Å². The molecule has 0 aliphatic heterocycles. The van der Waals surface area contributed by atoms with Crippen LogP contribution in [0, 0.1) is 5.41 Å². The molecule has 0 atom stereocenters. The van der Waals surface area contributed by atoms with Crippen molar-refractivity contribution in [3.05, 3.63) is 0 Å². The first-order valence-electron chi connectivity index (χ1n) is 7.74. The van der Waals surface area contributed by atoms with Gasteiger partial charge in [0.25, 0.3) is 0 Å². The van der Waals surface area contributed by atoms with Crippen LogP contribution < -0.4 is 0 Å². The van der Waals surface area contributed by atoms with Crippen molar-refractivity contribution < 1.29 is 0 Å². The Morgan fingerprint density at radius 2 is 0.875 bits per heavy atom. The number of unbranched alkanes of at least 4 members (excludes halogenated alkanes) is 3. The van der Waals surface area contributed by atoms with Crippen molar-refractivity contribution in [3.63, 3.8) is 0 Å². The van der Waals surface area contributed by atoms with E-state index >= 15 is 0 Å². The summed E-state index contributed by atoms with van der Waals surface area (Å²) in [6.45, 7) is 9.35. The first kappa shape index (κ1) is 16.0. The summed E-state index contributed by atoms with van der Waals surface area (Å²) in [4.78, 5) is 0. The predicted octanol–water partition coefficient (Wildman–Crippen LogP) is 6.34. The Hall–Kier alpha value is 0. The van der Waals surface area contributed by atoms with E-state index in [1.807, 2.05) is 0 Å². The predicted molar refractivity (Wildman–Crippen MR) is 75.9 cm³/mol. The van der Waals surface area contributed by atoms with E-state index in [4.69, 9.17) is 0 Å². The van der Waals surface area contributed by atoms with E-state index in [2.05, 4.69) is 27.7 Å². The Labute approximate surface area is 104 Å². The summed E-state index contributed by atoms with van der Waals surface area (Å²) in [6.07, 6.45) is 15.7. The molecular weight excluding hydrogens is 192 g/mol. The first-order chi connectivity index (χ1) is 7.74. The lowest BCUT2D eigenvalue weighted by molar-refractivity contribution is 0.180. The van der Waals surface area contributed by atoms with E-state index in [9.17, 15) is 0 Å². The Bertz CT molecular complexity index is 115. The van der Waals surface area contributed by atoms with Gasteiger partial charge in [0.15, 0.2) is 0 Å². The van der Waals surface area contributed by atoms with Gasteiger partial charge < -0.3 is 0 Å². The van der Waals surface area contributed by atoms with Gasteiger partial charge in [-0.05, 0) is 31.1 Å². The summed E-state index contributed by atoms with van der Waals surface area (Å²) in [7, 11) is 0. The van der Waals surface area contributed by atoms with Gasteiger partial charge in [0.1, 0.15) is 0 Å². The second-order valence-corrected chi connectivity index (χ2v) is 5.56. The normalized spacial score (nSPS) is 12.0. The Balaban J connectivity index is 4.32. The van der Waals surface area contributed by atoms with Crippen LogP contribution in [0.25, 0.3) is 0 Å². The van der Waals surface area contributed by atoms with Gasteiger partial charge in [0, 0.05) is 0 Å². The fourth-order valence-corrected chi connectivity index (χ4v) is 2.94. The molecule has 0 aromatic rings.